The van der Waals surface area contributed by atoms with Crippen LogP contribution in [0.5, 0.6) is 0 Å². The van der Waals surface area contributed by atoms with Gasteiger partial charge in [0.1, 0.15) is 0 Å². The number of hydrogen-bond acceptors (Lipinski definition) is 3. The summed E-state index contributed by atoms with van der Waals surface area (Å²) in [5.74, 6) is -0.119. The van der Waals surface area contributed by atoms with E-state index in [1.807, 2.05) is 24.3 Å². The molecule has 0 fully saturated rings. The van der Waals surface area contributed by atoms with Gasteiger partial charge in [0, 0.05) is 30.2 Å². The van der Waals surface area contributed by atoms with Crippen molar-refractivity contribution in [3.05, 3.63) is 59.9 Å². The van der Waals surface area contributed by atoms with E-state index in [4.69, 9.17) is 0 Å². The fourth-order valence-corrected chi connectivity index (χ4v) is 1.88. The van der Waals surface area contributed by atoms with E-state index < -0.39 is 0 Å². The summed E-state index contributed by atoms with van der Waals surface area (Å²) in [7, 11) is 0. The lowest BCUT2D eigenvalue weighted by Gasteiger charge is -2.08. The fraction of sp³-hybridized carbons (Fsp3) is 0.250. The van der Waals surface area contributed by atoms with Gasteiger partial charge in [-0.2, -0.15) is 0 Å². The zero-order chi connectivity index (χ0) is 14.2. The van der Waals surface area contributed by atoms with Crippen LogP contribution in [0.25, 0.3) is 0 Å². The molecule has 0 saturated heterocycles. The molecule has 0 unspecified atom stereocenters. The maximum Gasteiger partial charge on any atom is 0.255 e. The Bertz CT molecular complexity index is 555. The maximum atomic E-state index is 12.0. The lowest BCUT2D eigenvalue weighted by molar-refractivity contribution is 0.102. The molecule has 4 nitrogen and oxygen atoms in total. The Morgan fingerprint density at radius 3 is 2.75 bits per heavy atom. The van der Waals surface area contributed by atoms with Crippen molar-refractivity contribution in [3.63, 3.8) is 0 Å². The lowest BCUT2D eigenvalue weighted by atomic mass is 10.2. The van der Waals surface area contributed by atoms with Crippen LogP contribution in [-0.4, -0.2) is 17.4 Å². The highest BCUT2D eigenvalue weighted by molar-refractivity contribution is 6.04. The van der Waals surface area contributed by atoms with Crippen LogP contribution in [0.1, 0.15) is 29.3 Å². The number of nitrogens with zero attached hydrogens (tertiary/aromatic N) is 1. The predicted octanol–water partition coefficient (Wildman–Crippen LogP) is 2.83. The van der Waals surface area contributed by atoms with Crippen LogP contribution in [0.3, 0.4) is 0 Å². The molecule has 0 bridgehead atoms. The number of carbonyl (C=O) groups excluding carboxylic acids is 1. The van der Waals surface area contributed by atoms with Gasteiger partial charge < -0.3 is 10.6 Å². The molecule has 2 rings (SSSR count). The van der Waals surface area contributed by atoms with E-state index in [-0.39, 0.29) is 5.91 Å². The Balaban J connectivity index is 1.99. The molecule has 0 saturated carbocycles. The highest BCUT2D eigenvalue weighted by Crippen LogP contribution is 2.12. The van der Waals surface area contributed by atoms with E-state index in [1.54, 1.807) is 24.5 Å². The van der Waals surface area contributed by atoms with E-state index in [0.717, 1.165) is 30.8 Å². The molecule has 0 radical (unpaired) electrons. The third kappa shape index (κ3) is 4.17. The van der Waals surface area contributed by atoms with Gasteiger partial charge in [-0.25, -0.2) is 0 Å². The smallest absolute Gasteiger partial charge is 0.255 e. The number of aromatic nitrogens is 1. The molecular formula is C16H19N3O. The van der Waals surface area contributed by atoms with E-state index >= 15 is 0 Å². The number of carbonyl (C=O) groups is 1. The quantitative estimate of drug-likeness (QED) is 0.793. The van der Waals surface area contributed by atoms with Gasteiger partial charge in [-0.1, -0.05) is 19.1 Å². The number of pyridine rings is 1. The Hall–Kier alpha value is -2.20. The summed E-state index contributed by atoms with van der Waals surface area (Å²) >= 11 is 0. The molecule has 1 aromatic heterocycles. The molecule has 2 N–H and O–H groups in total. The molecule has 1 amide bonds. The number of amides is 1. The summed E-state index contributed by atoms with van der Waals surface area (Å²) in [6.07, 6.45) is 4.33. The Morgan fingerprint density at radius 1 is 1.20 bits per heavy atom. The molecule has 104 valence electrons. The van der Waals surface area contributed by atoms with E-state index in [2.05, 4.69) is 22.5 Å². The molecule has 0 atom stereocenters. The van der Waals surface area contributed by atoms with Gasteiger partial charge in [0.15, 0.2) is 0 Å². The minimum atomic E-state index is -0.119. The van der Waals surface area contributed by atoms with Crippen LogP contribution in [-0.2, 0) is 6.54 Å². The Labute approximate surface area is 119 Å². The summed E-state index contributed by atoms with van der Waals surface area (Å²) in [5.41, 5.74) is 2.57. The number of hydrogen-bond donors (Lipinski definition) is 2. The van der Waals surface area contributed by atoms with Gasteiger partial charge in [-0.15, -0.1) is 0 Å². The van der Waals surface area contributed by atoms with Crippen molar-refractivity contribution in [1.29, 1.82) is 0 Å². The molecule has 2 aromatic rings. The standard InChI is InChI=1S/C16H19N3O/c1-2-8-18-12-13-4-3-5-15(11-13)19-16(20)14-6-9-17-10-7-14/h3-7,9-11,18H,2,8,12H2,1H3,(H,19,20). The molecule has 0 aliphatic rings. The SMILES string of the molecule is CCCNCc1cccc(NC(=O)c2ccncc2)c1. The first kappa shape index (κ1) is 14.2. The van der Waals surface area contributed by atoms with Crippen LogP contribution in [0.15, 0.2) is 48.8 Å². The van der Waals surface area contributed by atoms with Gasteiger partial charge in [0.05, 0.1) is 0 Å². The highest BCUT2D eigenvalue weighted by atomic mass is 16.1. The first-order valence-corrected chi connectivity index (χ1v) is 6.80. The van der Waals surface area contributed by atoms with Crippen molar-refractivity contribution < 1.29 is 4.79 Å². The first-order valence-electron chi connectivity index (χ1n) is 6.80. The summed E-state index contributed by atoms with van der Waals surface area (Å²) in [5, 5.41) is 6.24. The molecule has 4 heteroatoms. The van der Waals surface area contributed by atoms with Crippen molar-refractivity contribution in [1.82, 2.24) is 10.3 Å². The van der Waals surface area contributed by atoms with Gasteiger partial charge in [-0.3, -0.25) is 9.78 Å². The van der Waals surface area contributed by atoms with Crippen molar-refractivity contribution in [3.8, 4) is 0 Å². The zero-order valence-corrected chi connectivity index (χ0v) is 11.6. The zero-order valence-electron chi connectivity index (χ0n) is 11.6. The van der Waals surface area contributed by atoms with Crippen LogP contribution < -0.4 is 10.6 Å². The summed E-state index contributed by atoms with van der Waals surface area (Å²) < 4.78 is 0. The highest BCUT2D eigenvalue weighted by Gasteiger charge is 2.05. The monoisotopic (exact) mass is 269 g/mol. The minimum Gasteiger partial charge on any atom is -0.322 e. The number of anilines is 1. The Kier molecular flexibility index (Phi) is 5.26. The second kappa shape index (κ2) is 7.40. The van der Waals surface area contributed by atoms with Crippen LogP contribution in [0, 0.1) is 0 Å². The normalized spacial score (nSPS) is 10.2. The molecule has 1 aromatic carbocycles. The molecule has 0 spiro atoms. The number of benzene rings is 1. The molecule has 1 heterocycles. The van der Waals surface area contributed by atoms with E-state index in [9.17, 15) is 4.79 Å². The van der Waals surface area contributed by atoms with Crippen molar-refractivity contribution in [2.45, 2.75) is 19.9 Å². The minimum absolute atomic E-state index is 0.119. The molecule has 0 aliphatic carbocycles. The third-order valence-electron chi connectivity index (χ3n) is 2.88. The first-order chi connectivity index (χ1) is 9.79. The number of nitrogens with one attached hydrogen (secondary N) is 2. The number of rotatable bonds is 6. The topological polar surface area (TPSA) is 54.0 Å². The van der Waals surface area contributed by atoms with Crippen molar-refractivity contribution >= 4 is 11.6 Å². The third-order valence-corrected chi connectivity index (χ3v) is 2.88. The summed E-state index contributed by atoms with van der Waals surface area (Å²) in [4.78, 5) is 15.9. The molecular weight excluding hydrogens is 250 g/mol. The van der Waals surface area contributed by atoms with Crippen LogP contribution in [0.4, 0.5) is 5.69 Å². The van der Waals surface area contributed by atoms with Gasteiger partial charge in [0.2, 0.25) is 0 Å². The van der Waals surface area contributed by atoms with Crippen molar-refractivity contribution in [2.24, 2.45) is 0 Å². The van der Waals surface area contributed by atoms with Gasteiger partial charge in [-0.05, 0) is 42.8 Å². The Morgan fingerprint density at radius 2 is 2.00 bits per heavy atom. The van der Waals surface area contributed by atoms with Crippen molar-refractivity contribution in [2.75, 3.05) is 11.9 Å². The van der Waals surface area contributed by atoms with Gasteiger partial charge >= 0.3 is 0 Å². The van der Waals surface area contributed by atoms with Crippen LogP contribution in [0.2, 0.25) is 0 Å². The average Bonchev–Trinajstić information content (AvgIpc) is 2.49. The molecule has 0 aliphatic heterocycles. The summed E-state index contributed by atoms with van der Waals surface area (Å²) in [6.45, 7) is 3.94. The second-order valence-corrected chi connectivity index (χ2v) is 4.57. The average molecular weight is 269 g/mol. The van der Waals surface area contributed by atoms with Crippen LogP contribution >= 0.6 is 0 Å². The second-order valence-electron chi connectivity index (χ2n) is 4.57. The lowest BCUT2D eigenvalue weighted by Crippen LogP contribution is -2.15. The summed E-state index contributed by atoms with van der Waals surface area (Å²) in [6, 6.07) is 11.3. The van der Waals surface area contributed by atoms with E-state index in [1.165, 1.54) is 0 Å². The van der Waals surface area contributed by atoms with Gasteiger partial charge in [0.25, 0.3) is 5.91 Å². The van der Waals surface area contributed by atoms with E-state index in [0.29, 0.717) is 5.56 Å². The maximum absolute atomic E-state index is 12.0. The molecule has 20 heavy (non-hydrogen) atoms. The predicted molar refractivity (Wildman–Crippen MR) is 80.6 cm³/mol. The largest absolute Gasteiger partial charge is 0.322 e. The fourth-order valence-electron chi connectivity index (χ4n) is 1.88.